The first-order valence-corrected chi connectivity index (χ1v) is 12.9. The molecule has 4 rings (SSSR count). The van der Waals surface area contributed by atoms with E-state index in [2.05, 4.69) is 14.9 Å². The molecule has 0 unspecified atom stereocenters. The minimum absolute atomic E-state index is 0.133. The first kappa shape index (κ1) is 24.1. The number of hydrogen-bond donors (Lipinski definition) is 1. The Morgan fingerprint density at radius 3 is 2.29 bits per heavy atom. The fraction of sp³-hybridized carbons (Fsp3) is 0.400. The third kappa shape index (κ3) is 5.05. The Balaban J connectivity index is 1.55. The molecular weight excluding hydrogens is 452 g/mol. The van der Waals surface area contributed by atoms with Crippen molar-refractivity contribution in [3.63, 3.8) is 0 Å². The lowest BCUT2D eigenvalue weighted by Gasteiger charge is -2.29. The summed E-state index contributed by atoms with van der Waals surface area (Å²) in [7, 11) is -3.86. The second kappa shape index (κ2) is 9.68. The Bertz CT molecular complexity index is 1250. The van der Waals surface area contributed by atoms with E-state index in [0.29, 0.717) is 24.7 Å². The van der Waals surface area contributed by atoms with Crippen LogP contribution in [0.1, 0.15) is 49.7 Å². The molecule has 3 aromatic rings. The third-order valence-electron chi connectivity index (χ3n) is 6.12. The number of hydrogen-bond acceptors (Lipinski definition) is 6. The maximum absolute atomic E-state index is 13.6. The SMILES string of the molecule is Cc1ccc(-c2noc([C@H]3CCCN3C(=O)[C@H](NS(=O)(=O)c3ccc(C)cc3)C(C)C)n2)cc1. The van der Waals surface area contributed by atoms with Crippen LogP contribution < -0.4 is 4.72 Å². The molecule has 180 valence electrons. The van der Waals surface area contributed by atoms with E-state index in [1.807, 2.05) is 52.0 Å². The molecule has 1 aliphatic rings. The van der Waals surface area contributed by atoms with Gasteiger partial charge in [-0.25, -0.2) is 8.42 Å². The number of nitrogens with one attached hydrogen (secondary N) is 1. The average molecular weight is 483 g/mol. The largest absolute Gasteiger partial charge is 0.337 e. The zero-order valence-corrected chi connectivity index (χ0v) is 20.7. The van der Waals surface area contributed by atoms with Gasteiger partial charge in [0, 0.05) is 12.1 Å². The lowest BCUT2D eigenvalue weighted by atomic mass is 10.0. The topological polar surface area (TPSA) is 105 Å². The van der Waals surface area contributed by atoms with Crippen LogP contribution >= 0.6 is 0 Å². The summed E-state index contributed by atoms with van der Waals surface area (Å²) in [6.45, 7) is 8.05. The Morgan fingerprint density at radius 1 is 1.06 bits per heavy atom. The van der Waals surface area contributed by atoms with Crippen molar-refractivity contribution in [2.24, 2.45) is 5.92 Å². The van der Waals surface area contributed by atoms with Gasteiger partial charge in [0.1, 0.15) is 12.1 Å². The molecule has 2 atom stereocenters. The fourth-order valence-corrected chi connectivity index (χ4v) is 5.42. The minimum Gasteiger partial charge on any atom is -0.337 e. The highest BCUT2D eigenvalue weighted by Crippen LogP contribution is 2.33. The van der Waals surface area contributed by atoms with E-state index in [-0.39, 0.29) is 22.8 Å². The highest BCUT2D eigenvalue weighted by Gasteiger charge is 2.39. The van der Waals surface area contributed by atoms with Crippen LogP contribution in [-0.4, -0.2) is 42.0 Å². The van der Waals surface area contributed by atoms with Crippen molar-refractivity contribution in [3.05, 3.63) is 65.5 Å². The summed E-state index contributed by atoms with van der Waals surface area (Å²) in [4.78, 5) is 19.9. The molecule has 0 aliphatic carbocycles. The lowest BCUT2D eigenvalue weighted by molar-refractivity contribution is -0.135. The quantitative estimate of drug-likeness (QED) is 0.545. The molecule has 1 saturated heterocycles. The Morgan fingerprint density at radius 2 is 1.68 bits per heavy atom. The van der Waals surface area contributed by atoms with Crippen LogP contribution in [-0.2, 0) is 14.8 Å². The zero-order chi connectivity index (χ0) is 24.5. The highest BCUT2D eigenvalue weighted by molar-refractivity contribution is 7.89. The van der Waals surface area contributed by atoms with Gasteiger partial charge < -0.3 is 9.42 Å². The van der Waals surface area contributed by atoms with Crippen molar-refractivity contribution >= 4 is 15.9 Å². The van der Waals surface area contributed by atoms with Gasteiger partial charge in [-0.05, 0) is 44.7 Å². The maximum atomic E-state index is 13.6. The van der Waals surface area contributed by atoms with Crippen molar-refractivity contribution in [1.29, 1.82) is 0 Å². The Hall–Kier alpha value is -3.04. The van der Waals surface area contributed by atoms with E-state index in [9.17, 15) is 13.2 Å². The molecule has 0 spiro atoms. The fourth-order valence-electron chi connectivity index (χ4n) is 4.08. The maximum Gasteiger partial charge on any atom is 0.249 e. The number of likely N-dealkylation sites (tertiary alicyclic amines) is 1. The van der Waals surface area contributed by atoms with Crippen molar-refractivity contribution in [1.82, 2.24) is 19.8 Å². The number of rotatable bonds is 7. The van der Waals surface area contributed by atoms with E-state index >= 15 is 0 Å². The minimum atomic E-state index is -3.86. The van der Waals surface area contributed by atoms with E-state index < -0.39 is 16.1 Å². The molecular formula is C25H30N4O4S. The first-order valence-electron chi connectivity index (χ1n) is 11.5. The number of carbonyl (C=O) groups excluding carboxylic acids is 1. The summed E-state index contributed by atoms with van der Waals surface area (Å²) in [5, 5.41) is 4.11. The van der Waals surface area contributed by atoms with Crippen LogP contribution in [0.25, 0.3) is 11.4 Å². The standard InChI is InChI=1S/C25H30N4O4S/c1-16(2)22(28-34(31,32)20-13-9-18(4)10-14-20)25(30)29-15-5-6-21(29)24-26-23(27-33-24)19-11-7-17(3)8-12-19/h7-14,16,21-22,28H,5-6,15H2,1-4H3/t21-,22-/m1/s1. The van der Waals surface area contributed by atoms with Crippen molar-refractivity contribution in [3.8, 4) is 11.4 Å². The predicted octanol–water partition coefficient (Wildman–Crippen LogP) is 4.02. The van der Waals surface area contributed by atoms with Gasteiger partial charge in [-0.1, -0.05) is 66.5 Å². The smallest absolute Gasteiger partial charge is 0.249 e. The molecule has 8 nitrogen and oxygen atoms in total. The summed E-state index contributed by atoms with van der Waals surface area (Å²) in [6, 6.07) is 13.1. The van der Waals surface area contributed by atoms with Crippen molar-refractivity contribution in [2.45, 2.75) is 57.5 Å². The second-order valence-electron chi connectivity index (χ2n) is 9.17. The number of nitrogens with zero attached hydrogens (tertiary/aromatic N) is 3. The van der Waals surface area contributed by atoms with Gasteiger partial charge in [0.2, 0.25) is 27.6 Å². The van der Waals surface area contributed by atoms with E-state index in [1.54, 1.807) is 29.2 Å². The zero-order valence-electron chi connectivity index (χ0n) is 19.9. The molecule has 2 aromatic carbocycles. The van der Waals surface area contributed by atoms with E-state index in [0.717, 1.165) is 23.1 Å². The van der Waals surface area contributed by atoms with Crippen LogP contribution in [0.15, 0.2) is 57.9 Å². The van der Waals surface area contributed by atoms with Crippen molar-refractivity contribution < 1.29 is 17.7 Å². The van der Waals surface area contributed by atoms with Gasteiger partial charge in [0.05, 0.1) is 4.90 Å². The average Bonchev–Trinajstić information content (AvgIpc) is 3.47. The molecule has 1 N–H and O–H groups in total. The number of benzene rings is 2. The molecule has 1 amide bonds. The molecule has 2 heterocycles. The lowest BCUT2D eigenvalue weighted by Crippen LogP contribution is -2.50. The first-order chi connectivity index (χ1) is 16.2. The van der Waals surface area contributed by atoms with E-state index in [4.69, 9.17) is 4.52 Å². The monoisotopic (exact) mass is 482 g/mol. The van der Waals surface area contributed by atoms with Crippen LogP contribution in [0.4, 0.5) is 0 Å². The number of aryl methyl sites for hydroxylation is 2. The molecule has 1 fully saturated rings. The summed E-state index contributed by atoms with van der Waals surface area (Å²) in [5.74, 6) is 0.295. The molecule has 0 bridgehead atoms. The number of sulfonamides is 1. The molecule has 1 aromatic heterocycles. The third-order valence-corrected chi connectivity index (χ3v) is 7.58. The van der Waals surface area contributed by atoms with Gasteiger partial charge in [-0.15, -0.1) is 0 Å². The molecule has 9 heteroatoms. The van der Waals surface area contributed by atoms with E-state index in [1.165, 1.54) is 0 Å². The number of carbonyl (C=O) groups is 1. The van der Waals surface area contributed by atoms with Gasteiger partial charge in [-0.2, -0.15) is 9.71 Å². The van der Waals surface area contributed by atoms with Crippen LogP contribution in [0.2, 0.25) is 0 Å². The molecule has 1 aliphatic heterocycles. The Labute approximate surface area is 200 Å². The number of amides is 1. The summed E-state index contributed by atoms with van der Waals surface area (Å²) < 4.78 is 34.2. The predicted molar refractivity (Wildman–Crippen MR) is 128 cm³/mol. The van der Waals surface area contributed by atoms with Gasteiger partial charge in [0.15, 0.2) is 0 Å². The van der Waals surface area contributed by atoms with Gasteiger partial charge >= 0.3 is 0 Å². The van der Waals surface area contributed by atoms with Gasteiger partial charge in [-0.3, -0.25) is 4.79 Å². The number of aromatic nitrogens is 2. The Kier molecular flexibility index (Phi) is 6.86. The summed E-state index contributed by atoms with van der Waals surface area (Å²) >= 11 is 0. The van der Waals surface area contributed by atoms with Crippen LogP contribution in [0.3, 0.4) is 0 Å². The van der Waals surface area contributed by atoms with Crippen LogP contribution in [0.5, 0.6) is 0 Å². The summed E-state index contributed by atoms with van der Waals surface area (Å²) in [5.41, 5.74) is 2.93. The van der Waals surface area contributed by atoms with Crippen molar-refractivity contribution in [2.75, 3.05) is 6.54 Å². The summed E-state index contributed by atoms with van der Waals surface area (Å²) in [6.07, 6.45) is 1.45. The van der Waals surface area contributed by atoms with Crippen LogP contribution in [0, 0.1) is 19.8 Å². The van der Waals surface area contributed by atoms with Gasteiger partial charge in [0.25, 0.3) is 0 Å². The highest BCUT2D eigenvalue weighted by atomic mass is 32.2. The second-order valence-corrected chi connectivity index (χ2v) is 10.9. The molecule has 0 radical (unpaired) electrons. The molecule has 0 saturated carbocycles. The normalized spacial score (nSPS) is 17.3. The molecule has 34 heavy (non-hydrogen) atoms.